The van der Waals surface area contributed by atoms with E-state index in [1.54, 1.807) is 13.8 Å². The first-order chi connectivity index (χ1) is 23.0. The number of carbonyl (C=O) groups is 2. The highest BCUT2D eigenvalue weighted by molar-refractivity contribution is 9.10. The molecule has 1 aliphatic heterocycles. The number of hydrogen-bond donors (Lipinski definition) is 2. The second-order valence-electron chi connectivity index (χ2n) is 12.4. The number of aromatic nitrogens is 6. The predicted octanol–water partition coefficient (Wildman–Crippen LogP) is 4.43. The van der Waals surface area contributed by atoms with Gasteiger partial charge in [-0.15, -0.1) is 0 Å². The minimum atomic E-state index is -4.80. The van der Waals surface area contributed by atoms with Gasteiger partial charge in [-0.25, -0.2) is 14.4 Å². The van der Waals surface area contributed by atoms with Gasteiger partial charge in [-0.2, -0.15) is 23.4 Å². The summed E-state index contributed by atoms with van der Waals surface area (Å²) < 4.78 is 81.7. The van der Waals surface area contributed by atoms with Crippen molar-refractivity contribution >= 4 is 27.7 Å². The number of halogens is 5. The third-order valence-electron chi connectivity index (χ3n) is 7.60. The van der Waals surface area contributed by atoms with E-state index in [1.807, 2.05) is 0 Å². The lowest BCUT2D eigenvalue weighted by atomic mass is 9.95. The highest BCUT2D eigenvalue weighted by atomic mass is 79.9. The molecular formula is C31H33BrF4N8O3. The Morgan fingerprint density at radius 2 is 1.87 bits per heavy atom. The summed E-state index contributed by atoms with van der Waals surface area (Å²) in [7, 11) is 0. The monoisotopic (exact) mass is 723 g/mol. The first kappa shape index (κ1) is 30.2. The smallest absolute Gasteiger partial charge is 0.382 e. The Labute approximate surface area is 280 Å². The van der Waals surface area contributed by atoms with E-state index in [4.69, 9.17) is 4.11 Å². The molecule has 47 heavy (non-hydrogen) atoms. The lowest BCUT2D eigenvalue weighted by molar-refractivity contribution is -0.141. The summed E-state index contributed by atoms with van der Waals surface area (Å²) in [6.07, 6.45) is 0.172. The van der Waals surface area contributed by atoms with Crippen LogP contribution in [0.25, 0.3) is 11.3 Å². The number of aliphatic hydroxyl groups is 1. The second kappa shape index (κ2) is 12.4. The fourth-order valence-corrected chi connectivity index (χ4v) is 5.92. The van der Waals surface area contributed by atoms with E-state index in [2.05, 4.69) is 41.4 Å². The number of aryl methyl sites for hydroxylation is 1. The van der Waals surface area contributed by atoms with Crippen molar-refractivity contribution < 1.29 is 36.4 Å². The zero-order valence-corrected chi connectivity index (χ0v) is 27.3. The first-order valence-corrected chi connectivity index (χ1v) is 15.2. The van der Waals surface area contributed by atoms with Gasteiger partial charge < -0.3 is 15.3 Å². The quantitative estimate of drug-likeness (QED) is 0.245. The zero-order chi connectivity index (χ0) is 37.0. The maximum atomic E-state index is 15.0. The minimum absolute atomic E-state index is 0.0126. The molecule has 5 rings (SSSR count). The molecule has 3 aromatic heterocycles. The lowest BCUT2D eigenvalue weighted by Gasteiger charge is -2.37. The van der Waals surface area contributed by atoms with E-state index in [1.165, 1.54) is 49.6 Å². The maximum Gasteiger partial charge on any atom is 0.435 e. The molecule has 0 radical (unpaired) electrons. The van der Waals surface area contributed by atoms with Crippen LogP contribution in [-0.2, 0) is 42.9 Å². The third kappa shape index (κ3) is 7.38. The zero-order valence-electron chi connectivity index (χ0n) is 28.7. The summed E-state index contributed by atoms with van der Waals surface area (Å²) in [6.45, 7) is 3.12. The SMILES string of the molecule is [2H]C([2H])([2H])n1cc(C[C@H](C(=O)NC(C)(C)Cn2nc(C(F)(F)F)cc2-c2cnc(C(C)(C)O)nc2)N2CCc3c(Br)ccc(F)c3C2=O)cn1. The summed E-state index contributed by atoms with van der Waals surface area (Å²) >= 11 is 3.35. The highest BCUT2D eigenvalue weighted by Crippen LogP contribution is 2.33. The second-order valence-corrected chi connectivity index (χ2v) is 13.3. The molecule has 4 heterocycles. The standard InChI is InChI=1S/C31H33BrF4N8O3/c1-29(2,16-44-22(11-24(41-44)31(34,35)36)18-13-37-28(38-14-18)30(3,4)47)40-26(45)23(10-17-12-39-42(5)15-17)43-9-8-19-20(32)6-7-21(33)25(19)27(43)46/h6-7,11-15,23,47H,8-10,16H2,1-5H3,(H,40,45)/t23-/m1/s1/i5D3. The van der Waals surface area contributed by atoms with Crippen LogP contribution in [0.5, 0.6) is 0 Å². The molecule has 2 N–H and O–H groups in total. The van der Waals surface area contributed by atoms with Crippen molar-refractivity contribution in [3.8, 4) is 11.3 Å². The van der Waals surface area contributed by atoms with Gasteiger partial charge in [0.05, 0.1) is 29.5 Å². The van der Waals surface area contributed by atoms with Crippen LogP contribution >= 0.6 is 15.9 Å². The average molecular weight is 725 g/mol. The predicted molar refractivity (Wildman–Crippen MR) is 165 cm³/mol. The van der Waals surface area contributed by atoms with Gasteiger partial charge in [0.1, 0.15) is 17.5 Å². The van der Waals surface area contributed by atoms with Crippen LogP contribution in [0.4, 0.5) is 17.6 Å². The van der Waals surface area contributed by atoms with Gasteiger partial charge in [-0.3, -0.25) is 19.0 Å². The summed E-state index contributed by atoms with van der Waals surface area (Å²) in [5.74, 6) is -2.22. The lowest BCUT2D eigenvalue weighted by Crippen LogP contribution is -2.58. The van der Waals surface area contributed by atoms with E-state index in [-0.39, 0.29) is 48.6 Å². The van der Waals surface area contributed by atoms with E-state index in [0.29, 0.717) is 15.6 Å². The molecule has 2 amide bonds. The molecule has 250 valence electrons. The molecule has 0 aliphatic carbocycles. The van der Waals surface area contributed by atoms with Crippen LogP contribution in [0.3, 0.4) is 0 Å². The third-order valence-corrected chi connectivity index (χ3v) is 8.34. The Balaban J connectivity index is 1.47. The normalized spacial score (nSPS) is 15.9. The van der Waals surface area contributed by atoms with Crippen LogP contribution in [0.2, 0.25) is 0 Å². The molecule has 4 aromatic rings. The maximum absolute atomic E-state index is 15.0. The topological polar surface area (TPSA) is 131 Å². The van der Waals surface area contributed by atoms with Crippen LogP contribution in [0.15, 0.2) is 47.5 Å². The first-order valence-electron chi connectivity index (χ1n) is 15.9. The van der Waals surface area contributed by atoms with Crippen molar-refractivity contribution in [1.82, 2.24) is 39.7 Å². The van der Waals surface area contributed by atoms with Gasteiger partial charge in [0, 0.05) is 52.7 Å². The number of carbonyl (C=O) groups excluding carboxylic acids is 2. The number of benzene rings is 1. The largest absolute Gasteiger partial charge is 0.435 e. The summed E-state index contributed by atoms with van der Waals surface area (Å²) in [6, 6.07) is 2.13. The van der Waals surface area contributed by atoms with Crippen molar-refractivity contribution in [3.05, 3.63) is 81.5 Å². The number of alkyl halides is 3. The number of rotatable bonds is 9. The fourth-order valence-electron chi connectivity index (χ4n) is 5.39. The van der Waals surface area contributed by atoms with E-state index >= 15 is 4.39 Å². The average Bonchev–Trinajstić information content (AvgIpc) is 3.65. The van der Waals surface area contributed by atoms with Crippen molar-refractivity contribution in [2.75, 3.05) is 6.54 Å². The molecule has 0 bridgehead atoms. The number of hydrogen-bond acceptors (Lipinski definition) is 7. The molecule has 0 saturated carbocycles. The van der Waals surface area contributed by atoms with Gasteiger partial charge >= 0.3 is 6.18 Å². The molecule has 1 aliphatic rings. The number of nitrogens with zero attached hydrogens (tertiary/aromatic N) is 7. The molecule has 16 heteroatoms. The Morgan fingerprint density at radius 3 is 2.49 bits per heavy atom. The minimum Gasteiger partial charge on any atom is -0.382 e. The molecule has 0 unspecified atom stereocenters. The summed E-state index contributed by atoms with van der Waals surface area (Å²) in [5.41, 5.74) is -3.23. The molecule has 0 saturated heterocycles. The Hall–Kier alpha value is -4.18. The fraction of sp³-hybridized carbons (Fsp3) is 0.419. The Kier molecular flexibility index (Phi) is 7.99. The van der Waals surface area contributed by atoms with Gasteiger partial charge in [-0.05, 0) is 63.4 Å². The van der Waals surface area contributed by atoms with Gasteiger partial charge in [0.15, 0.2) is 11.5 Å². The number of fused-ring (bicyclic) bond motifs is 1. The molecular weight excluding hydrogens is 688 g/mol. The van der Waals surface area contributed by atoms with Gasteiger partial charge in [0.2, 0.25) is 5.91 Å². The van der Waals surface area contributed by atoms with Crippen molar-refractivity contribution in [2.24, 2.45) is 6.98 Å². The van der Waals surface area contributed by atoms with Crippen molar-refractivity contribution in [3.63, 3.8) is 0 Å². The molecule has 1 atom stereocenters. The molecule has 1 aromatic carbocycles. The van der Waals surface area contributed by atoms with Gasteiger partial charge in [0.25, 0.3) is 5.91 Å². The summed E-state index contributed by atoms with van der Waals surface area (Å²) in [5, 5.41) is 20.6. The Bertz CT molecular complexity index is 1920. The van der Waals surface area contributed by atoms with Crippen molar-refractivity contribution in [1.29, 1.82) is 0 Å². The highest BCUT2D eigenvalue weighted by Gasteiger charge is 2.40. The molecule has 0 spiro atoms. The van der Waals surface area contributed by atoms with Crippen LogP contribution in [-0.4, -0.2) is 69.5 Å². The number of nitrogens with one attached hydrogen (secondary N) is 1. The molecule has 0 fully saturated rings. The van der Waals surface area contributed by atoms with Gasteiger partial charge in [-0.1, -0.05) is 15.9 Å². The van der Waals surface area contributed by atoms with Crippen LogP contribution in [0.1, 0.15) is 64.8 Å². The summed E-state index contributed by atoms with van der Waals surface area (Å²) in [4.78, 5) is 37.2. The van der Waals surface area contributed by atoms with E-state index in [0.717, 1.165) is 21.5 Å². The van der Waals surface area contributed by atoms with Crippen LogP contribution < -0.4 is 5.32 Å². The Morgan fingerprint density at radius 1 is 1.17 bits per heavy atom. The number of amides is 2. The van der Waals surface area contributed by atoms with E-state index < -0.39 is 53.7 Å². The molecule has 11 nitrogen and oxygen atoms in total. The van der Waals surface area contributed by atoms with Crippen LogP contribution in [0, 0.1) is 5.82 Å². The van der Waals surface area contributed by atoms with Crippen molar-refractivity contribution in [2.45, 2.75) is 70.4 Å². The van der Waals surface area contributed by atoms with E-state index in [9.17, 15) is 27.9 Å².